The van der Waals surface area contributed by atoms with Crippen molar-refractivity contribution in [3.63, 3.8) is 0 Å². The van der Waals surface area contributed by atoms with E-state index in [0.29, 0.717) is 47.7 Å². The lowest BCUT2D eigenvalue weighted by atomic mass is 9.88. The fourth-order valence-electron chi connectivity index (χ4n) is 4.54. The van der Waals surface area contributed by atoms with Gasteiger partial charge in [0.2, 0.25) is 0 Å². The van der Waals surface area contributed by atoms with Gasteiger partial charge in [0, 0.05) is 35.6 Å². The van der Waals surface area contributed by atoms with Crippen LogP contribution in [0.25, 0.3) is 10.9 Å². The van der Waals surface area contributed by atoms with Crippen LogP contribution in [0.5, 0.6) is 11.6 Å². The Kier molecular flexibility index (Phi) is 6.96. The van der Waals surface area contributed by atoms with E-state index in [9.17, 15) is 9.90 Å². The highest BCUT2D eigenvalue weighted by Gasteiger charge is 2.29. The first-order valence-electron chi connectivity index (χ1n) is 11.5. The summed E-state index contributed by atoms with van der Waals surface area (Å²) in [5.41, 5.74) is 2.47. The first-order valence-corrected chi connectivity index (χ1v) is 11.9. The zero-order valence-corrected chi connectivity index (χ0v) is 20.0. The van der Waals surface area contributed by atoms with Gasteiger partial charge < -0.3 is 30.5 Å². The van der Waals surface area contributed by atoms with Gasteiger partial charge in [0.25, 0.3) is 11.8 Å². The summed E-state index contributed by atoms with van der Waals surface area (Å²) in [7, 11) is 1.61. The number of aromatic nitrogens is 3. The molecule has 0 bridgehead atoms. The molecule has 5 rings (SSSR count). The smallest absolute Gasteiger partial charge is 0.263 e. The summed E-state index contributed by atoms with van der Waals surface area (Å²) in [6.45, 7) is 0.946. The topological polar surface area (TPSA) is 131 Å². The van der Waals surface area contributed by atoms with Gasteiger partial charge in [0.05, 0.1) is 36.8 Å². The number of nitrogens with one attached hydrogen (secondary N) is 3. The molecule has 4 N–H and O–H groups in total. The van der Waals surface area contributed by atoms with E-state index in [4.69, 9.17) is 21.1 Å². The van der Waals surface area contributed by atoms with Crippen molar-refractivity contribution in [1.82, 2.24) is 25.6 Å². The normalized spacial score (nSPS) is 21.8. The molecular formula is C24H27ClN6O4. The fraction of sp³-hybridized carbons (Fsp3) is 0.417. The van der Waals surface area contributed by atoms with Crippen molar-refractivity contribution < 1.29 is 19.4 Å². The van der Waals surface area contributed by atoms with Crippen LogP contribution in [0, 0.1) is 0 Å². The molecule has 35 heavy (non-hydrogen) atoms. The molecule has 0 saturated heterocycles. The maximum atomic E-state index is 11.5. The first kappa shape index (κ1) is 23.7. The Morgan fingerprint density at radius 2 is 2.11 bits per heavy atom. The predicted octanol–water partition coefficient (Wildman–Crippen LogP) is 2.18. The SMILES string of the molecule is COc1cnc2ccc(Cl)c(CN[C@@H]3CC[C@@H](NCc4cnc5c(n4)NC(=O)CO5)C[C@@H]3O)c2c1. The Hall–Kier alpha value is -3.05. The van der Waals surface area contributed by atoms with E-state index in [1.54, 1.807) is 19.5 Å². The van der Waals surface area contributed by atoms with Crippen molar-refractivity contribution in [3.8, 4) is 11.6 Å². The number of ether oxygens (including phenoxy) is 2. The van der Waals surface area contributed by atoms with Crippen LogP contribution in [-0.4, -0.2) is 57.9 Å². The number of hydrogen-bond acceptors (Lipinski definition) is 9. The second-order valence-electron chi connectivity index (χ2n) is 8.77. The van der Waals surface area contributed by atoms with Gasteiger partial charge in [-0.05, 0) is 43.0 Å². The minimum absolute atomic E-state index is 0.0474. The molecular weight excluding hydrogens is 472 g/mol. The van der Waals surface area contributed by atoms with E-state index in [1.165, 1.54) is 0 Å². The minimum Gasteiger partial charge on any atom is -0.495 e. The Morgan fingerprint density at radius 1 is 1.23 bits per heavy atom. The molecule has 11 heteroatoms. The second kappa shape index (κ2) is 10.3. The zero-order chi connectivity index (χ0) is 24.4. The van der Waals surface area contributed by atoms with Crippen LogP contribution in [-0.2, 0) is 17.9 Å². The van der Waals surface area contributed by atoms with Gasteiger partial charge in [-0.25, -0.2) is 9.97 Å². The molecule has 0 unspecified atom stereocenters. The number of rotatable bonds is 7. The number of nitrogens with zero attached hydrogens (tertiary/aromatic N) is 3. The van der Waals surface area contributed by atoms with Crippen LogP contribution in [0.4, 0.5) is 5.82 Å². The third-order valence-corrected chi connectivity index (χ3v) is 6.80. The summed E-state index contributed by atoms with van der Waals surface area (Å²) in [6.07, 6.45) is 5.11. The average molecular weight is 499 g/mol. The Labute approximate surface area is 207 Å². The molecule has 1 aromatic carbocycles. The molecule has 10 nitrogen and oxygen atoms in total. The number of anilines is 1. The number of carbonyl (C=O) groups excluding carboxylic acids is 1. The maximum absolute atomic E-state index is 11.5. The van der Waals surface area contributed by atoms with E-state index in [0.717, 1.165) is 29.3 Å². The molecule has 1 saturated carbocycles. The van der Waals surface area contributed by atoms with Crippen LogP contribution < -0.4 is 25.4 Å². The van der Waals surface area contributed by atoms with Gasteiger partial charge in [0.15, 0.2) is 12.4 Å². The van der Waals surface area contributed by atoms with Gasteiger partial charge in [-0.1, -0.05) is 11.6 Å². The highest BCUT2D eigenvalue weighted by Crippen LogP contribution is 2.29. The molecule has 1 aliphatic heterocycles. The van der Waals surface area contributed by atoms with E-state index >= 15 is 0 Å². The lowest BCUT2D eigenvalue weighted by Crippen LogP contribution is -2.48. The largest absolute Gasteiger partial charge is 0.495 e. The quantitative estimate of drug-likeness (QED) is 0.387. The van der Waals surface area contributed by atoms with Gasteiger partial charge >= 0.3 is 0 Å². The zero-order valence-electron chi connectivity index (χ0n) is 19.3. The molecule has 1 aliphatic carbocycles. The van der Waals surface area contributed by atoms with Crippen LogP contribution in [0.2, 0.25) is 5.02 Å². The van der Waals surface area contributed by atoms with Crippen molar-refractivity contribution in [2.75, 3.05) is 19.0 Å². The number of carbonyl (C=O) groups is 1. The number of pyridine rings is 1. The lowest BCUT2D eigenvalue weighted by Gasteiger charge is -2.34. The van der Waals surface area contributed by atoms with E-state index < -0.39 is 6.10 Å². The van der Waals surface area contributed by atoms with Crippen molar-refractivity contribution in [2.45, 2.75) is 50.5 Å². The number of aliphatic hydroxyl groups is 1. The minimum atomic E-state index is -0.509. The predicted molar refractivity (Wildman–Crippen MR) is 131 cm³/mol. The van der Waals surface area contributed by atoms with Crippen molar-refractivity contribution in [2.24, 2.45) is 0 Å². The molecule has 0 radical (unpaired) electrons. The van der Waals surface area contributed by atoms with Crippen LogP contribution >= 0.6 is 11.6 Å². The Balaban J connectivity index is 1.16. The highest BCUT2D eigenvalue weighted by atomic mass is 35.5. The molecule has 1 fully saturated rings. The Morgan fingerprint density at radius 3 is 2.94 bits per heavy atom. The van der Waals surface area contributed by atoms with Crippen LogP contribution in [0.3, 0.4) is 0 Å². The molecule has 3 atom stereocenters. The summed E-state index contributed by atoms with van der Waals surface area (Å²) in [6, 6.07) is 5.76. The number of aliphatic hydroxyl groups excluding tert-OH is 1. The van der Waals surface area contributed by atoms with Crippen LogP contribution in [0.15, 0.2) is 30.6 Å². The summed E-state index contributed by atoms with van der Waals surface area (Å²) >= 11 is 6.50. The summed E-state index contributed by atoms with van der Waals surface area (Å²) in [5, 5.41) is 22.0. The van der Waals surface area contributed by atoms with Gasteiger partial charge in [-0.2, -0.15) is 0 Å². The molecule has 1 amide bonds. The molecule has 184 valence electrons. The van der Waals surface area contributed by atoms with Crippen molar-refractivity contribution in [1.29, 1.82) is 0 Å². The lowest BCUT2D eigenvalue weighted by molar-refractivity contribution is -0.118. The molecule has 3 heterocycles. The highest BCUT2D eigenvalue weighted by molar-refractivity contribution is 6.32. The first-order chi connectivity index (χ1) is 17.0. The van der Waals surface area contributed by atoms with Gasteiger partial charge in [0.1, 0.15) is 5.75 Å². The summed E-state index contributed by atoms with van der Waals surface area (Å²) in [5.74, 6) is 1.10. The van der Waals surface area contributed by atoms with E-state index in [-0.39, 0.29) is 24.6 Å². The molecule has 3 aromatic rings. The van der Waals surface area contributed by atoms with E-state index in [1.807, 2.05) is 18.2 Å². The summed E-state index contributed by atoms with van der Waals surface area (Å²) < 4.78 is 10.6. The number of amides is 1. The third kappa shape index (κ3) is 5.30. The van der Waals surface area contributed by atoms with Crippen LogP contribution in [0.1, 0.15) is 30.5 Å². The fourth-order valence-corrected chi connectivity index (χ4v) is 4.78. The maximum Gasteiger partial charge on any atom is 0.263 e. The standard InChI is InChI=1S/C24H27ClN6O4/c1-34-15-7-16-17(18(25)3-5-19(16)27-10-15)11-28-20-4-2-13(6-21(20)32)26-8-14-9-29-24-23(30-14)31-22(33)12-35-24/h3,5,7,9-10,13,20-21,26,28,32H,2,4,6,8,11-12H2,1H3,(H,30,31,33)/t13-,20-,21+/m1/s1. The second-order valence-corrected chi connectivity index (χ2v) is 9.17. The van der Waals surface area contributed by atoms with Gasteiger partial charge in [-0.15, -0.1) is 0 Å². The van der Waals surface area contributed by atoms with Crippen molar-refractivity contribution in [3.05, 3.63) is 46.9 Å². The number of benzene rings is 1. The van der Waals surface area contributed by atoms with Crippen molar-refractivity contribution >= 4 is 34.2 Å². The molecule has 0 spiro atoms. The third-order valence-electron chi connectivity index (χ3n) is 6.45. The number of hydrogen-bond donors (Lipinski definition) is 4. The summed E-state index contributed by atoms with van der Waals surface area (Å²) in [4.78, 5) is 24.6. The number of fused-ring (bicyclic) bond motifs is 2. The van der Waals surface area contributed by atoms with E-state index in [2.05, 4.69) is 30.9 Å². The molecule has 2 aliphatic rings. The van der Waals surface area contributed by atoms with Gasteiger partial charge in [-0.3, -0.25) is 9.78 Å². The monoisotopic (exact) mass is 498 g/mol. The number of methoxy groups -OCH3 is 1. The number of halogens is 1. The Bertz CT molecular complexity index is 1240. The average Bonchev–Trinajstić information content (AvgIpc) is 2.87. The molecule has 2 aromatic heterocycles.